The van der Waals surface area contributed by atoms with Crippen LogP contribution in [0.2, 0.25) is 5.02 Å². The van der Waals surface area contributed by atoms with Gasteiger partial charge in [-0.15, -0.1) is 0 Å². The minimum atomic E-state index is -0.606. The van der Waals surface area contributed by atoms with E-state index in [1.165, 1.54) is 23.1 Å². The third kappa shape index (κ3) is 2.15. The predicted molar refractivity (Wildman–Crippen MR) is 62.5 cm³/mol. The second-order valence-electron chi connectivity index (χ2n) is 4.62. The number of carbonyl (C=O) groups is 1. The molecule has 0 unspecified atom stereocenters. The van der Waals surface area contributed by atoms with E-state index >= 15 is 0 Å². The zero-order valence-corrected chi connectivity index (χ0v) is 10.4. The molecular weight excluding hydrogens is 245 g/mol. The number of carbonyl (C=O) groups excluding carboxylic acids is 1. The Kier molecular flexibility index (Phi) is 3.10. The zero-order valence-electron chi connectivity index (χ0n) is 9.67. The highest BCUT2D eigenvalue weighted by atomic mass is 35.5. The Balaban J connectivity index is 2.38. The zero-order chi connectivity index (χ0) is 12.6. The number of ether oxygens (including phenoxy) is 1. The standard InChI is InChI=1S/C12H13ClFNO2/c1-12(2)6-17-7-15(12)11(16)10-8(13)4-3-5-9(10)14/h3-5H,6-7H2,1-2H3. The van der Waals surface area contributed by atoms with Crippen molar-refractivity contribution in [1.82, 2.24) is 4.90 Å². The Morgan fingerprint density at radius 2 is 2.24 bits per heavy atom. The summed E-state index contributed by atoms with van der Waals surface area (Å²) in [6, 6.07) is 4.20. The largest absolute Gasteiger partial charge is 0.359 e. The van der Waals surface area contributed by atoms with Crippen LogP contribution in [0.25, 0.3) is 0 Å². The van der Waals surface area contributed by atoms with Crippen molar-refractivity contribution in [2.45, 2.75) is 19.4 Å². The lowest BCUT2D eigenvalue weighted by Crippen LogP contribution is -2.44. The molecule has 0 spiro atoms. The van der Waals surface area contributed by atoms with Gasteiger partial charge in [0.15, 0.2) is 0 Å². The smallest absolute Gasteiger partial charge is 0.260 e. The summed E-state index contributed by atoms with van der Waals surface area (Å²) in [6.07, 6.45) is 0. The van der Waals surface area contributed by atoms with E-state index in [1.807, 2.05) is 13.8 Å². The van der Waals surface area contributed by atoms with Crippen LogP contribution in [0.5, 0.6) is 0 Å². The van der Waals surface area contributed by atoms with Crippen LogP contribution in [0.1, 0.15) is 24.2 Å². The Morgan fingerprint density at radius 3 is 2.76 bits per heavy atom. The van der Waals surface area contributed by atoms with Gasteiger partial charge < -0.3 is 9.64 Å². The molecule has 92 valence electrons. The van der Waals surface area contributed by atoms with Crippen molar-refractivity contribution in [3.8, 4) is 0 Å². The van der Waals surface area contributed by atoms with Crippen molar-refractivity contribution >= 4 is 17.5 Å². The van der Waals surface area contributed by atoms with Gasteiger partial charge in [0.2, 0.25) is 0 Å². The molecule has 0 bridgehead atoms. The molecule has 0 aromatic heterocycles. The van der Waals surface area contributed by atoms with Gasteiger partial charge in [-0.25, -0.2) is 4.39 Å². The summed E-state index contributed by atoms with van der Waals surface area (Å²) in [7, 11) is 0. The second kappa shape index (κ2) is 4.27. The van der Waals surface area contributed by atoms with Gasteiger partial charge in [-0.3, -0.25) is 4.79 Å². The molecule has 1 heterocycles. The number of hydrogen-bond donors (Lipinski definition) is 0. The average molecular weight is 258 g/mol. The summed E-state index contributed by atoms with van der Waals surface area (Å²) in [5.41, 5.74) is -0.532. The molecule has 2 rings (SSSR count). The van der Waals surface area contributed by atoms with Crippen LogP contribution in [-0.2, 0) is 4.74 Å². The van der Waals surface area contributed by atoms with E-state index in [0.717, 1.165) is 0 Å². The van der Waals surface area contributed by atoms with E-state index in [9.17, 15) is 9.18 Å². The molecule has 17 heavy (non-hydrogen) atoms. The molecule has 0 radical (unpaired) electrons. The van der Waals surface area contributed by atoms with Crippen LogP contribution in [0.15, 0.2) is 18.2 Å². The number of hydrogen-bond acceptors (Lipinski definition) is 2. The van der Waals surface area contributed by atoms with Gasteiger partial charge in [-0.05, 0) is 26.0 Å². The van der Waals surface area contributed by atoms with Crippen LogP contribution < -0.4 is 0 Å². The molecule has 1 aliphatic rings. The fraction of sp³-hybridized carbons (Fsp3) is 0.417. The molecular formula is C12H13ClFNO2. The highest BCUT2D eigenvalue weighted by molar-refractivity contribution is 6.33. The van der Waals surface area contributed by atoms with Crippen molar-refractivity contribution in [2.24, 2.45) is 0 Å². The molecule has 3 nitrogen and oxygen atoms in total. The van der Waals surface area contributed by atoms with Crippen molar-refractivity contribution < 1.29 is 13.9 Å². The first-order valence-electron chi connectivity index (χ1n) is 5.27. The van der Waals surface area contributed by atoms with Crippen molar-refractivity contribution in [1.29, 1.82) is 0 Å². The number of halogens is 2. The topological polar surface area (TPSA) is 29.5 Å². The SMILES string of the molecule is CC1(C)COCN1C(=O)c1c(F)cccc1Cl. The van der Waals surface area contributed by atoms with Crippen LogP contribution in [0.4, 0.5) is 4.39 Å². The van der Waals surface area contributed by atoms with Crippen LogP contribution in [-0.4, -0.2) is 29.7 Å². The molecule has 1 fully saturated rings. The molecule has 1 amide bonds. The Bertz CT molecular complexity index is 442. The van der Waals surface area contributed by atoms with Crippen LogP contribution in [0.3, 0.4) is 0 Å². The van der Waals surface area contributed by atoms with Gasteiger partial charge in [-0.1, -0.05) is 17.7 Å². The Hall–Kier alpha value is -1.13. The summed E-state index contributed by atoms with van der Waals surface area (Å²) < 4.78 is 18.9. The maximum Gasteiger partial charge on any atom is 0.260 e. The number of benzene rings is 1. The Labute approximate surface area is 104 Å². The summed E-state index contributed by atoms with van der Waals surface area (Å²) in [5, 5.41) is 0.123. The third-order valence-electron chi connectivity index (χ3n) is 2.83. The van der Waals surface area contributed by atoms with Crippen LogP contribution >= 0.6 is 11.6 Å². The number of rotatable bonds is 1. The molecule has 1 aromatic carbocycles. The predicted octanol–water partition coefficient (Wildman–Crippen LogP) is 2.69. The quantitative estimate of drug-likeness (QED) is 0.774. The molecule has 1 saturated heterocycles. The average Bonchev–Trinajstić information content (AvgIpc) is 2.57. The van der Waals surface area contributed by atoms with Crippen molar-refractivity contribution in [3.05, 3.63) is 34.6 Å². The van der Waals surface area contributed by atoms with E-state index in [1.54, 1.807) is 0 Å². The van der Waals surface area contributed by atoms with Crippen LogP contribution in [0, 0.1) is 5.82 Å². The maximum atomic E-state index is 13.6. The summed E-state index contributed by atoms with van der Waals surface area (Å²) in [6.45, 7) is 4.33. The first kappa shape index (κ1) is 12.3. The summed E-state index contributed by atoms with van der Waals surface area (Å²) >= 11 is 5.87. The van der Waals surface area contributed by atoms with Gasteiger partial charge >= 0.3 is 0 Å². The van der Waals surface area contributed by atoms with Gasteiger partial charge in [-0.2, -0.15) is 0 Å². The monoisotopic (exact) mass is 257 g/mol. The van der Waals surface area contributed by atoms with E-state index in [0.29, 0.717) is 6.61 Å². The third-order valence-corrected chi connectivity index (χ3v) is 3.14. The molecule has 0 aliphatic carbocycles. The highest BCUT2D eigenvalue weighted by Gasteiger charge is 2.38. The van der Waals surface area contributed by atoms with Gasteiger partial charge in [0.1, 0.15) is 12.5 Å². The van der Waals surface area contributed by atoms with E-state index < -0.39 is 17.3 Å². The number of nitrogens with zero attached hydrogens (tertiary/aromatic N) is 1. The molecule has 1 aliphatic heterocycles. The molecule has 0 atom stereocenters. The first-order chi connectivity index (χ1) is 7.93. The lowest BCUT2D eigenvalue weighted by Gasteiger charge is -2.29. The minimum Gasteiger partial charge on any atom is -0.359 e. The molecule has 1 aromatic rings. The summed E-state index contributed by atoms with van der Waals surface area (Å²) in [4.78, 5) is 13.7. The Morgan fingerprint density at radius 1 is 1.53 bits per heavy atom. The summed E-state index contributed by atoms with van der Waals surface area (Å²) in [5.74, 6) is -1.04. The lowest BCUT2D eigenvalue weighted by atomic mass is 10.0. The maximum absolute atomic E-state index is 13.6. The van der Waals surface area contributed by atoms with Gasteiger partial charge in [0.05, 0.1) is 22.7 Å². The van der Waals surface area contributed by atoms with Gasteiger partial charge in [0.25, 0.3) is 5.91 Å². The molecule has 0 N–H and O–H groups in total. The van der Waals surface area contributed by atoms with E-state index in [2.05, 4.69) is 0 Å². The highest BCUT2D eigenvalue weighted by Crippen LogP contribution is 2.27. The van der Waals surface area contributed by atoms with Crippen molar-refractivity contribution in [2.75, 3.05) is 13.3 Å². The van der Waals surface area contributed by atoms with Gasteiger partial charge in [0, 0.05) is 0 Å². The molecule has 5 heteroatoms. The minimum absolute atomic E-state index is 0.0901. The van der Waals surface area contributed by atoms with Crippen molar-refractivity contribution in [3.63, 3.8) is 0 Å². The normalized spacial score (nSPS) is 18.5. The lowest BCUT2D eigenvalue weighted by molar-refractivity contribution is 0.0601. The fourth-order valence-electron chi connectivity index (χ4n) is 1.81. The second-order valence-corrected chi connectivity index (χ2v) is 5.03. The molecule has 0 saturated carbocycles. The fourth-order valence-corrected chi connectivity index (χ4v) is 2.05. The first-order valence-corrected chi connectivity index (χ1v) is 5.65. The number of amides is 1. The van der Waals surface area contributed by atoms with E-state index in [4.69, 9.17) is 16.3 Å². The van der Waals surface area contributed by atoms with E-state index in [-0.39, 0.29) is 17.3 Å².